The summed E-state index contributed by atoms with van der Waals surface area (Å²) in [4.78, 5) is 25.9. The minimum Gasteiger partial charge on any atom is -0.467 e. The number of nitrogens with one attached hydrogen (secondary N) is 1. The first kappa shape index (κ1) is 20.1. The summed E-state index contributed by atoms with van der Waals surface area (Å²) in [6, 6.07) is -0.714. The fourth-order valence-electron chi connectivity index (χ4n) is 1.88. The molecule has 0 saturated carbocycles. The molecule has 0 aromatic rings. The fourth-order valence-corrected chi connectivity index (χ4v) is 2.35. The van der Waals surface area contributed by atoms with Crippen LogP contribution in [0.2, 0.25) is 0 Å². The van der Waals surface area contributed by atoms with Crippen LogP contribution in [0.25, 0.3) is 0 Å². The third-order valence-corrected chi connectivity index (χ3v) is 3.89. The number of nitrogens with zero attached hydrogens (tertiary/aromatic N) is 1. The fraction of sp³-hybridized carbons (Fsp3) is 0.867. The van der Waals surface area contributed by atoms with Gasteiger partial charge >= 0.3 is 12.0 Å². The SMILES string of the molecule is CCCCN(CCCC)C(=O)NC(CCSC)C(=O)OC. The smallest absolute Gasteiger partial charge is 0.328 e. The standard InChI is InChI=1S/C15H30N2O3S/c1-5-7-10-17(11-8-6-2)15(19)16-13(9-12-21-4)14(18)20-3/h13H,5-12H2,1-4H3,(H,16,19). The second-order valence-corrected chi connectivity index (χ2v) is 5.99. The third kappa shape index (κ3) is 8.86. The molecule has 0 aliphatic rings. The van der Waals surface area contributed by atoms with E-state index >= 15 is 0 Å². The number of amides is 2. The van der Waals surface area contributed by atoms with Gasteiger partial charge in [0.1, 0.15) is 6.04 Å². The average molecular weight is 318 g/mol. The maximum absolute atomic E-state index is 12.3. The Morgan fingerprint density at radius 2 is 1.76 bits per heavy atom. The number of hydrogen-bond acceptors (Lipinski definition) is 4. The molecule has 1 N–H and O–H groups in total. The van der Waals surface area contributed by atoms with Crippen molar-refractivity contribution in [3.05, 3.63) is 0 Å². The van der Waals surface area contributed by atoms with E-state index in [2.05, 4.69) is 19.2 Å². The summed E-state index contributed by atoms with van der Waals surface area (Å²) < 4.78 is 4.77. The predicted molar refractivity (Wildman–Crippen MR) is 88.7 cm³/mol. The topological polar surface area (TPSA) is 58.6 Å². The summed E-state index contributed by atoms with van der Waals surface area (Å²) in [5.74, 6) is 0.438. The first-order chi connectivity index (χ1) is 10.1. The summed E-state index contributed by atoms with van der Waals surface area (Å²) in [6.45, 7) is 5.68. The Kier molecular flexibility index (Phi) is 12.2. The molecule has 0 heterocycles. The molecule has 0 aliphatic carbocycles. The van der Waals surface area contributed by atoms with E-state index in [1.165, 1.54) is 7.11 Å². The summed E-state index contributed by atoms with van der Waals surface area (Å²) in [5.41, 5.74) is 0. The van der Waals surface area contributed by atoms with Crippen LogP contribution in [-0.4, -0.2) is 55.2 Å². The molecular formula is C15H30N2O3S. The zero-order valence-electron chi connectivity index (χ0n) is 13.8. The van der Waals surface area contributed by atoms with Crippen molar-refractivity contribution in [2.45, 2.75) is 52.0 Å². The maximum Gasteiger partial charge on any atom is 0.328 e. The van der Waals surface area contributed by atoms with Crippen molar-refractivity contribution in [2.24, 2.45) is 0 Å². The minimum absolute atomic E-state index is 0.159. The van der Waals surface area contributed by atoms with Gasteiger partial charge in [-0.15, -0.1) is 0 Å². The van der Waals surface area contributed by atoms with Gasteiger partial charge in [0.25, 0.3) is 0 Å². The highest BCUT2D eigenvalue weighted by atomic mass is 32.2. The van der Waals surface area contributed by atoms with Gasteiger partial charge in [-0.1, -0.05) is 26.7 Å². The van der Waals surface area contributed by atoms with Crippen LogP contribution >= 0.6 is 11.8 Å². The molecule has 0 bridgehead atoms. The highest BCUT2D eigenvalue weighted by Crippen LogP contribution is 2.05. The summed E-state index contributed by atoms with van der Waals surface area (Å²) in [7, 11) is 1.35. The van der Waals surface area contributed by atoms with Crippen LogP contribution in [-0.2, 0) is 9.53 Å². The monoisotopic (exact) mass is 318 g/mol. The molecule has 6 heteroatoms. The molecule has 0 aromatic carbocycles. The molecule has 0 aromatic heterocycles. The lowest BCUT2D eigenvalue weighted by Gasteiger charge is -2.25. The van der Waals surface area contributed by atoms with Gasteiger partial charge < -0.3 is 15.0 Å². The number of urea groups is 1. The number of carbonyl (C=O) groups is 2. The van der Waals surface area contributed by atoms with Crippen LogP contribution in [0, 0.1) is 0 Å². The number of carbonyl (C=O) groups excluding carboxylic acids is 2. The van der Waals surface area contributed by atoms with Gasteiger partial charge in [-0.05, 0) is 31.3 Å². The van der Waals surface area contributed by atoms with Crippen molar-refractivity contribution in [1.82, 2.24) is 10.2 Å². The Labute approximate surface area is 133 Å². The predicted octanol–water partition coefficient (Wildman–Crippen LogP) is 2.89. The maximum atomic E-state index is 12.3. The highest BCUT2D eigenvalue weighted by molar-refractivity contribution is 7.98. The van der Waals surface area contributed by atoms with Crippen LogP contribution in [0.1, 0.15) is 46.0 Å². The number of hydrogen-bond donors (Lipinski definition) is 1. The van der Waals surface area contributed by atoms with E-state index in [0.29, 0.717) is 6.42 Å². The second-order valence-electron chi connectivity index (χ2n) is 5.00. The highest BCUT2D eigenvalue weighted by Gasteiger charge is 2.23. The van der Waals surface area contributed by atoms with Crippen LogP contribution in [0.5, 0.6) is 0 Å². The van der Waals surface area contributed by atoms with Crippen molar-refractivity contribution < 1.29 is 14.3 Å². The molecule has 0 radical (unpaired) electrons. The molecule has 5 nitrogen and oxygen atoms in total. The first-order valence-electron chi connectivity index (χ1n) is 7.72. The Bertz CT molecular complexity index is 293. The number of ether oxygens (including phenoxy) is 1. The number of unbranched alkanes of at least 4 members (excludes halogenated alkanes) is 2. The van der Waals surface area contributed by atoms with Crippen LogP contribution in [0.15, 0.2) is 0 Å². The minimum atomic E-state index is -0.555. The summed E-state index contributed by atoms with van der Waals surface area (Å²) >= 11 is 1.65. The quantitative estimate of drug-likeness (QED) is 0.595. The van der Waals surface area contributed by atoms with Gasteiger partial charge in [-0.3, -0.25) is 0 Å². The van der Waals surface area contributed by atoms with E-state index in [0.717, 1.165) is 44.5 Å². The molecule has 0 rings (SSSR count). The largest absolute Gasteiger partial charge is 0.467 e. The van der Waals surface area contributed by atoms with Crippen molar-refractivity contribution in [3.63, 3.8) is 0 Å². The van der Waals surface area contributed by atoms with E-state index < -0.39 is 6.04 Å². The van der Waals surface area contributed by atoms with Gasteiger partial charge in [-0.25, -0.2) is 9.59 Å². The summed E-state index contributed by atoms with van der Waals surface area (Å²) in [5, 5.41) is 2.82. The van der Waals surface area contributed by atoms with Gasteiger partial charge in [0.2, 0.25) is 0 Å². The van der Waals surface area contributed by atoms with Crippen molar-refractivity contribution in [1.29, 1.82) is 0 Å². The number of methoxy groups -OCH3 is 1. The van der Waals surface area contributed by atoms with Crippen LogP contribution < -0.4 is 5.32 Å². The van der Waals surface area contributed by atoms with Gasteiger partial charge in [0, 0.05) is 13.1 Å². The normalized spacial score (nSPS) is 11.8. The number of rotatable bonds is 11. The number of esters is 1. The van der Waals surface area contributed by atoms with Crippen molar-refractivity contribution in [2.75, 3.05) is 32.2 Å². The van der Waals surface area contributed by atoms with Crippen LogP contribution in [0.4, 0.5) is 4.79 Å². The lowest BCUT2D eigenvalue weighted by atomic mass is 10.2. The number of thioether (sulfide) groups is 1. The Morgan fingerprint density at radius 1 is 1.19 bits per heavy atom. The van der Waals surface area contributed by atoms with E-state index in [1.807, 2.05) is 11.2 Å². The van der Waals surface area contributed by atoms with E-state index in [9.17, 15) is 9.59 Å². The lowest BCUT2D eigenvalue weighted by Crippen LogP contribution is -2.49. The van der Waals surface area contributed by atoms with Gasteiger partial charge in [-0.2, -0.15) is 11.8 Å². The van der Waals surface area contributed by atoms with Crippen molar-refractivity contribution in [3.8, 4) is 0 Å². The molecule has 1 unspecified atom stereocenters. The van der Waals surface area contributed by atoms with Gasteiger partial charge in [0.05, 0.1) is 7.11 Å². The molecule has 1 atom stereocenters. The van der Waals surface area contributed by atoms with Crippen molar-refractivity contribution >= 4 is 23.8 Å². The zero-order valence-corrected chi connectivity index (χ0v) is 14.6. The van der Waals surface area contributed by atoms with E-state index in [1.54, 1.807) is 11.8 Å². The van der Waals surface area contributed by atoms with E-state index in [4.69, 9.17) is 4.74 Å². The third-order valence-electron chi connectivity index (χ3n) is 3.24. The molecule has 0 saturated heterocycles. The first-order valence-corrected chi connectivity index (χ1v) is 9.12. The second kappa shape index (κ2) is 12.8. The summed E-state index contributed by atoms with van der Waals surface area (Å²) in [6.07, 6.45) is 6.61. The molecule has 0 aliphatic heterocycles. The van der Waals surface area contributed by atoms with Crippen LogP contribution in [0.3, 0.4) is 0 Å². The average Bonchev–Trinajstić information content (AvgIpc) is 2.50. The molecule has 124 valence electrons. The lowest BCUT2D eigenvalue weighted by molar-refractivity contribution is -0.142. The zero-order chi connectivity index (χ0) is 16.1. The molecule has 2 amide bonds. The molecule has 0 spiro atoms. The van der Waals surface area contributed by atoms with E-state index in [-0.39, 0.29) is 12.0 Å². The van der Waals surface area contributed by atoms with Gasteiger partial charge in [0.15, 0.2) is 0 Å². The molecule has 0 fully saturated rings. The Hall–Kier alpha value is -0.910. The Morgan fingerprint density at radius 3 is 2.19 bits per heavy atom. The Balaban J connectivity index is 4.59. The molecular weight excluding hydrogens is 288 g/mol. The molecule has 21 heavy (non-hydrogen) atoms.